The van der Waals surface area contributed by atoms with E-state index in [0.717, 1.165) is 5.56 Å². The predicted molar refractivity (Wildman–Crippen MR) is 88.4 cm³/mol. The number of methoxy groups -OCH3 is 2. The number of nitrogens with one attached hydrogen (secondary N) is 1. The standard InChI is InChI=1S/C18H19NO3/c1-13-4-6-14(7-5-13)8-11-18(20)19-16-10-9-15(21-2)12-17(16)22-3/h4-12H,1-3H3,(H,19,20)/b11-8+. The van der Waals surface area contributed by atoms with Gasteiger partial charge in [-0.15, -0.1) is 0 Å². The van der Waals surface area contributed by atoms with Crippen molar-refractivity contribution in [3.63, 3.8) is 0 Å². The molecule has 0 bridgehead atoms. The lowest BCUT2D eigenvalue weighted by Crippen LogP contribution is -2.08. The minimum Gasteiger partial charge on any atom is -0.497 e. The zero-order valence-corrected chi connectivity index (χ0v) is 12.9. The molecule has 1 N–H and O–H groups in total. The lowest BCUT2D eigenvalue weighted by atomic mass is 10.1. The molecule has 0 aliphatic heterocycles. The van der Waals surface area contributed by atoms with Crippen LogP contribution in [0.3, 0.4) is 0 Å². The van der Waals surface area contributed by atoms with Gasteiger partial charge in [0, 0.05) is 12.1 Å². The number of hydrogen-bond donors (Lipinski definition) is 1. The highest BCUT2D eigenvalue weighted by Crippen LogP contribution is 2.28. The van der Waals surface area contributed by atoms with Gasteiger partial charge in [0.05, 0.1) is 19.9 Å². The maximum absolute atomic E-state index is 12.0. The molecule has 1 amide bonds. The van der Waals surface area contributed by atoms with Gasteiger partial charge >= 0.3 is 0 Å². The molecule has 0 fully saturated rings. The Morgan fingerprint density at radius 1 is 1.05 bits per heavy atom. The number of amides is 1. The van der Waals surface area contributed by atoms with E-state index in [4.69, 9.17) is 9.47 Å². The topological polar surface area (TPSA) is 47.6 Å². The third-order valence-corrected chi connectivity index (χ3v) is 3.17. The first-order chi connectivity index (χ1) is 10.6. The van der Waals surface area contributed by atoms with Gasteiger partial charge in [-0.2, -0.15) is 0 Å². The fourth-order valence-corrected chi connectivity index (χ4v) is 1.93. The first-order valence-electron chi connectivity index (χ1n) is 6.90. The molecule has 0 saturated heterocycles. The summed E-state index contributed by atoms with van der Waals surface area (Å²) in [7, 11) is 3.13. The summed E-state index contributed by atoms with van der Waals surface area (Å²) >= 11 is 0. The smallest absolute Gasteiger partial charge is 0.248 e. The van der Waals surface area contributed by atoms with Crippen LogP contribution in [0.15, 0.2) is 48.5 Å². The summed E-state index contributed by atoms with van der Waals surface area (Å²) in [6, 6.07) is 13.2. The van der Waals surface area contributed by atoms with Crippen molar-refractivity contribution in [3.05, 3.63) is 59.7 Å². The number of benzene rings is 2. The van der Waals surface area contributed by atoms with Crippen molar-refractivity contribution in [3.8, 4) is 11.5 Å². The van der Waals surface area contributed by atoms with E-state index in [2.05, 4.69) is 5.32 Å². The normalized spacial score (nSPS) is 10.5. The number of aryl methyl sites for hydroxylation is 1. The summed E-state index contributed by atoms with van der Waals surface area (Å²) in [5.74, 6) is 1.01. The molecule has 0 spiro atoms. The Morgan fingerprint density at radius 2 is 1.77 bits per heavy atom. The Kier molecular flexibility index (Phi) is 5.20. The molecule has 0 atom stereocenters. The van der Waals surface area contributed by atoms with Crippen LogP contribution in [0.25, 0.3) is 6.08 Å². The van der Waals surface area contributed by atoms with E-state index in [1.165, 1.54) is 11.6 Å². The Balaban J connectivity index is 2.07. The minimum atomic E-state index is -0.218. The van der Waals surface area contributed by atoms with Crippen LogP contribution in [-0.4, -0.2) is 20.1 Å². The van der Waals surface area contributed by atoms with Crippen molar-refractivity contribution in [2.45, 2.75) is 6.92 Å². The van der Waals surface area contributed by atoms with Crippen molar-refractivity contribution in [2.75, 3.05) is 19.5 Å². The average molecular weight is 297 g/mol. The molecule has 0 aromatic heterocycles. The van der Waals surface area contributed by atoms with Crippen molar-refractivity contribution in [1.29, 1.82) is 0 Å². The first-order valence-corrected chi connectivity index (χ1v) is 6.90. The number of hydrogen-bond acceptors (Lipinski definition) is 3. The maximum atomic E-state index is 12.0. The molecule has 2 rings (SSSR count). The third-order valence-electron chi connectivity index (χ3n) is 3.17. The van der Waals surface area contributed by atoms with Gasteiger partial charge in [-0.1, -0.05) is 29.8 Å². The third kappa shape index (κ3) is 4.12. The Morgan fingerprint density at radius 3 is 2.41 bits per heavy atom. The molecule has 0 saturated carbocycles. The first kappa shape index (κ1) is 15.6. The second-order valence-corrected chi connectivity index (χ2v) is 4.80. The molecule has 0 unspecified atom stereocenters. The molecular formula is C18H19NO3. The number of anilines is 1. The van der Waals surface area contributed by atoms with Gasteiger partial charge in [0.15, 0.2) is 0 Å². The Labute approximate surface area is 130 Å². The van der Waals surface area contributed by atoms with Crippen molar-refractivity contribution in [1.82, 2.24) is 0 Å². The number of ether oxygens (including phenoxy) is 2. The molecule has 4 nitrogen and oxygen atoms in total. The Bertz CT molecular complexity index is 675. The molecule has 0 heterocycles. The van der Waals surface area contributed by atoms with Crippen LogP contribution < -0.4 is 14.8 Å². The summed E-state index contributed by atoms with van der Waals surface area (Å²) in [5.41, 5.74) is 2.76. The average Bonchev–Trinajstić information content (AvgIpc) is 2.54. The zero-order chi connectivity index (χ0) is 15.9. The van der Waals surface area contributed by atoms with Crippen molar-refractivity contribution in [2.24, 2.45) is 0 Å². The van der Waals surface area contributed by atoms with Crippen LogP contribution >= 0.6 is 0 Å². The van der Waals surface area contributed by atoms with E-state index in [1.54, 1.807) is 38.5 Å². The van der Waals surface area contributed by atoms with E-state index in [-0.39, 0.29) is 5.91 Å². The van der Waals surface area contributed by atoms with E-state index < -0.39 is 0 Å². The molecular weight excluding hydrogens is 278 g/mol. The largest absolute Gasteiger partial charge is 0.497 e. The van der Waals surface area contributed by atoms with Gasteiger partial charge in [0.1, 0.15) is 11.5 Å². The molecule has 2 aromatic rings. The van der Waals surface area contributed by atoms with Gasteiger partial charge in [-0.05, 0) is 30.7 Å². The molecule has 0 aliphatic carbocycles. The van der Waals surface area contributed by atoms with Gasteiger partial charge in [-0.3, -0.25) is 4.79 Å². The van der Waals surface area contributed by atoms with Crippen LogP contribution in [0.2, 0.25) is 0 Å². The Hall–Kier alpha value is -2.75. The summed E-state index contributed by atoms with van der Waals surface area (Å²) < 4.78 is 10.4. The molecule has 4 heteroatoms. The summed E-state index contributed by atoms with van der Waals surface area (Å²) in [6.07, 6.45) is 3.26. The molecule has 0 radical (unpaired) electrons. The number of rotatable bonds is 5. The van der Waals surface area contributed by atoms with Crippen LogP contribution in [0.1, 0.15) is 11.1 Å². The number of carbonyl (C=O) groups is 1. The lowest BCUT2D eigenvalue weighted by molar-refractivity contribution is -0.111. The van der Waals surface area contributed by atoms with Crippen LogP contribution in [0, 0.1) is 6.92 Å². The summed E-state index contributed by atoms with van der Waals surface area (Å²) in [4.78, 5) is 12.0. The molecule has 22 heavy (non-hydrogen) atoms. The second kappa shape index (κ2) is 7.31. The van der Waals surface area contributed by atoms with Crippen LogP contribution in [0.5, 0.6) is 11.5 Å². The van der Waals surface area contributed by atoms with Gasteiger partial charge < -0.3 is 14.8 Å². The van der Waals surface area contributed by atoms with Crippen LogP contribution in [0.4, 0.5) is 5.69 Å². The SMILES string of the molecule is COc1ccc(NC(=O)/C=C/c2ccc(C)cc2)c(OC)c1. The molecule has 2 aromatic carbocycles. The second-order valence-electron chi connectivity index (χ2n) is 4.80. The van der Waals surface area contributed by atoms with E-state index >= 15 is 0 Å². The molecule has 0 aliphatic rings. The highest BCUT2D eigenvalue weighted by molar-refractivity contribution is 6.02. The highest BCUT2D eigenvalue weighted by atomic mass is 16.5. The lowest BCUT2D eigenvalue weighted by Gasteiger charge is -2.10. The highest BCUT2D eigenvalue weighted by Gasteiger charge is 2.06. The molecule has 114 valence electrons. The van der Waals surface area contributed by atoms with Crippen molar-refractivity contribution >= 4 is 17.7 Å². The maximum Gasteiger partial charge on any atom is 0.248 e. The van der Waals surface area contributed by atoms with E-state index in [1.807, 2.05) is 31.2 Å². The van der Waals surface area contributed by atoms with Crippen LogP contribution in [-0.2, 0) is 4.79 Å². The number of carbonyl (C=O) groups excluding carboxylic acids is 1. The summed E-state index contributed by atoms with van der Waals surface area (Å²) in [6.45, 7) is 2.02. The van der Waals surface area contributed by atoms with Gasteiger partial charge in [0.25, 0.3) is 0 Å². The zero-order valence-electron chi connectivity index (χ0n) is 12.9. The quantitative estimate of drug-likeness (QED) is 0.857. The fraction of sp³-hybridized carbons (Fsp3) is 0.167. The van der Waals surface area contributed by atoms with Gasteiger partial charge in [-0.25, -0.2) is 0 Å². The fourth-order valence-electron chi connectivity index (χ4n) is 1.93. The monoisotopic (exact) mass is 297 g/mol. The predicted octanol–water partition coefficient (Wildman–Crippen LogP) is 3.66. The van der Waals surface area contributed by atoms with E-state index in [9.17, 15) is 4.79 Å². The van der Waals surface area contributed by atoms with E-state index in [0.29, 0.717) is 17.2 Å². The van der Waals surface area contributed by atoms with Gasteiger partial charge in [0.2, 0.25) is 5.91 Å². The minimum absolute atomic E-state index is 0.218. The van der Waals surface area contributed by atoms with Crippen molar-refractivity contribution < 1.29 is 14.3 Å². The summed E-state index contributed by atoms with van der Waals surface area (Å²) in [5, 5.41) is 2.79.